The van der Waals surface area contributed by atoms with Gasteiger partial charge in [0.2, 0.25) is 0 Å². The molecule has 1 unspecified atom stereocenters. The van der Waals surface area contributed by atoms with Crippen molar-refractivity contribution in [2.75, 3.05) is 14.2 Å². The average Bonchev–Trinajstić information content (AvgIpc) is 3.02. The molecule has 0 aliphatic carbocycles. The van der Waals surface area contributed by atoms with Gasteiger partial charge in [0.15, 0.2) is 11.5 Å². The van der Waals surface area contributed by atoms with Crippen LogP contribution in [-0.4, -0.2) is 24.3 Å². The van der Waals surface area contributed by atoms with Gasteiger partial charge in [-0.25, -0.2) is 0 Å². The lowest BCUT2D eigenvalue weighted by Crippen LogP contribution is -2.01. The molecule has 1 atom stereocenters. The SMILES string of the molecule is COc1ccc(C(O)c2cccc3[nH]ccc23)cc1OC. The van der Waals surface area contributed by atoms with Crippen molar-refractivity contribution in [1.82, 2.24) is 4.98 Å². The molecule has 108 valence electrons. The monoisotopic (exact) mass is 283 g/mol. The predicted octanol–water partition coefficient (Wildman–Crippen LogP) is 3.27. The summed E-state index contributed by atoms with van der Waals surface area (Å²) >= 11 is 0. The van der Waals surface area contributed by atoms with Gasteiger partial charge in [0, 0.05) is 17.1 Å². The molecule has 1 heterocycles. The minimum absolute atomic E-state index is 0.607. The molecule has 0 aliphatic heterocycles. The zero-order valence-corrected chi connectivity index (χ0v) is 12.0. The summed E-state index contributed by atoms with van der Waals surface area (Å²) in [6.45, 7) is 0. The van der Waals surface area contributed by atoms with Gasteiger partial charge in [-0.3, -0.25) is 0 Å². The van der Waals surface area contributed by atoms with Gasteiger partial charge in [0.1, 0.15) is 6.10 Å². The zero-order chi connectivity index (χ0) is 14.8. The molecule has 0 aliphatic rings. The van der Waals surface area contributed by atoms with Crippen LogP contribution in [0, 0.1) is 0 Å². The Hall–Kier alpha value is -2.46. The van der Waals surface area contributed by atoms with Crippen molar-refractivity contribution in [2.24, 2.45) is 0 Å². The number of methoxy groups -OCH3 is 2. The fraction of sp³-hybridized carbons (Fsp3) is 0.176. The van der Waals surface area contributed by atoms with Crippen LogP contribution in [0.15, 0.2) is 48.7 Å². The number of ether oxygens (including phenoxy) is 2. The Labute approximate surface area is 122 Å². The number of fused-ring (bicyclic) bond motifs is 1. The summed E-state index contributed by atoms with van der Waals surface area (Å²) < 4.78 is 10.5. The molecule has 4 heteroatoms. The van der Waals surface area contributed by atoms with Crippen LogP contribution in [0.25, 0.3) is 10.9 Å². The van der Waals surface area contributed by atoms with Crippen molar-refractivity contribution < 1.29 is 14.6 Å². The number of aromatic nitrogens is 1. The molecule has 0 saturated heterocycles. The van der Waals surface area contributed by atoms with Crippen LogP contribution in [-0.2, 0) is 0 Å². The van der Waals surface area contributed by atoms with E-state index in [1.165, 1.54) is 0 Å². The largest absolute Gasteiger partial charge is 0.493 e. The van der Waals surface area contributed by atoms with E-state index in [1.54, 1.807) is 26.4 Å². The number of rotatable bonds is 4. The van der Waals surface area contributed by atoms with E-state index in [0.29, 0.717) is 11.5 Å². The molecule has 4 nitrogen and oxygen atoms in total. The van der Waals surface area contributed by atoms with Gasteiger partial charge in [-0.15, -0.1) is 0 Å². The quantitative estimate of drug-likeness (QED) is 0.772. The summed E-state index contributed by atoms with van der Waals surface area (Å²) in [5.41, 5.74) is 2.63. The van der Waals surface area contributed by atoms with Crippen LogP contribution in [0.2, 0.25) is 0 Å². The number of hydrogen-bond donors (Lipinski definition) is 2. The third kappa shape index (κ3) is 2.34. The molecule has 3 rings (SSSR count). The first-order chi connectivity index (χ1) is 10.2. The molecule has 0 fully saturated rings. The number of benzene rings is 2. The third-order valence-corrected chi connectivity index (χ3v) is 3.65. The van der Waals surface area contributed by atoms with E-state index < -0.39 is 6.10 Å². The Morgan fingerprint density at radius 3 is 2.57 bits per heavy atom. The second-order valence-corrected chi connectivity index (χ2v) is 4.80. The van der Waals surface area contributed by atoms with Crippen LogP contribution in [0.1, 0.15) is 17.2 Å². The van der Waals surface area contributed by atoms with Crippen molar-refractivity contribution in [1.29, 1.82) is 0 Å². The number of hydrogen-bond acceptors (Lipinski definition) is 3. The van der Waals surface area contributed by atoms with Gasteiger partial charge in [-0.05, 0) is 35.4 Å². The number of aromatic amines is 1. The van der Waals surface area contributed by atoms with E-state index in [4.69, 9.17) is 9.47 Å². The maximum absolute atomic E-state index is 10.7. The fourth-order valence-corrected chi connectivity index (χ4v) is 2.55. The van der Waals surface area contributed by atoms with Gasteiger partial charge in [-0.2, -0.15) is 0 Å². The van der Waals surface area contributed by atoms with Crippen LogP contribution < -0.4 is 9.47 Å². The van der Waals surface area contributed by atoms with Crippen molar-refractivity contribution in [3.8, 4) is 11.5 Å². The molecule has 3 aromatic rings. The smallest absolute Gasteiger partial charge is 0.161 e. The maximum Gasteiger partial charge on any atom is 0.161 e. The highest BCUT2D eigenvalue weighted by atomic mass is 16.5. The molecule has 1 aromatic heterocycles. The lowest BCUT2D eigenvalue weighted by molar-refractivity contribution is 0.221. The minimum atomic E-state index is -0.718. The Kier molecular flexibility index (Phi) is 3.54. The van der Waals surface area contributed by atoms with Crippen molar-refractivity contribution in [3.63, 3.8) is 0 Å². The van der Waals surface area contributed by atoms with Gasteiger partial charge in [0.25, 0.3) is 0 Å². The van der Waals surface area contributed by atoms with E-state index in [1.807, 2.05) is 36.5 Å². The van der Waals surface area contributed by atoms with E-state index in [-0.39, 0.29) is 0 Å². The first kappa shape index (κ1) is 13.5. The third-order valence-electron chi connectivity index (χ3n) is 3.65. The lowest BCUT2D eigenvalue weighted by Gasteiger charge is -2.15. The normalized spacial score (nSPS) is 12.3. The summed E-state index contributed by atoms with van der Waals surface area (Å²) in [6, 6.07) is 13.3. The first-order valence-corrected chi connectivity index (χ1v) is 6.70. The molecule has 0 spiro atoms. The van der Waals surface area contributed by atoms with Crippen LogP contribution >= 0.6 is 0 Å². The average molecular weight is 283 g/mol. The molecule has 0 radical (unpaired) electrons. The summed E-state index contributed by atoms with van der Waals surface area (Å²) in [5.74, 6) is 1.25. The molecular formula is C17H17NO3. The highest BCUT2D eigenvalue weighted by molar-refractivity contribution is 5.83. The Bertz CT molecular complexity index is 764. The molecule has 0 saturated carbocycles. The second-order valence-electron chi connectivity index (χ2n) is 4.80. The topological polar surface area (TPSA) is 54.5 Å². The maximum atomic E-state index is 10.7. The fourth-order valence-electron chi connectivity index (χ4n) is 2.55. The minimum Gasteiger partial charge on any atom is -0.493 e. The molecular weight excluding hydrogens is 266 g/mol. The predicted molar refractivity (Wildman–Crippen MR) is 81.9 cm³/mol. The van der Waals surface area contributed by atoms with Crippen LogP contribution in [0.5, 0.6) is 11.5 Å². The van der Waals surface area contributed by atoms with E-state index in [2.05, 4.69) is 4.98 Å². The first-order valence-electron chi connectivity index (χ1n) is 6.70. The lowest BCUT2D eigenvalue weighted by atomic mass is 9.98. The summed E-state index contributed by atoms with van der Waals surface area (Å²) in [4.78, 5) is 3.15. The molecule has 0 amide bonds. The van der Waals surface area contributed by atoms with E-state index >= 15 is 0 Å². The molecule has 21 heavy (non-hydrogen) atoms. The van der Waals surface area contributed by atoms with Crippen LogP contribution in [0.4, 0.5) is 0 Å². The van der Waals surface area contributed by atoms with Gasteiger partial charge < -0.3 is 19.6 Å². The number of aliphatic hydroxyl groups excluding tert-OH is 1. The highest BCUT2D eigenvalue weighted by Gasteiger charge is 2.16. The van der Waals surface area contributed by atoms with Gasteiger partial charge in [-0.1, -0.05) is 18.2 Å². The van der Waals surface area contributed by atoms with E-state index in [9.17, 15) is 5.11 Å². The Balaban J connectivity index is 2.05. The van der Waals surface area contributed by atoms with Crippen molar-refractivity contribution in [2.45, 2.75) is 6.10 Å². The van der Waals surface area contributed by atoms with Gasteiger partial charge in [0.05, 0.1) is 14.2 Å². The molecule has 0 bridgehead atoms. The molecule has 2 N–H and O–H groups in total. The van der Waals surface area contributed by atoms with E-state index in [0.717, 1.165) is 22.0 Å². The number of nitrogens with one attached hydrogen (secondary N) is 1. The Morgan fingerprint density at radius 1 is 1.00 bits per heavy atom. The van der Waals surface area contributed by atoms with Gasteiger partial charge >= 0.3 is 0 Å². The highest BCUT2D eigenvalue weighted by Crippen LogP contribution is 2.34. The van der Waals surface area contributed by atoms with Crippen molar-refractivity contribution >= 4 is 10.9 Å². The van der Waals surface area contributed by atoms with Crippen molar-refractivity contribution in [3.05, 3.63) is 59.8 Å². The second kappa shape index (κ2) is 5.50. The molecule has 2 aromatic carbocycles. The number of aliphatic hydroxyl groups is 1. The summed E-state index contributed by atoms with van der Waals surface area (Å²) in [6.07, 6.45) is 1.15. The van der Waals surface area contributed by atoms with Crippen LogP contribution in [0.3, 0.4) is 0 Å². The summed E-state index contributed by atoms with van der Waals surface area (Å²) in [7, 11) is 3.18. The standard InChI is InChI=1S/C17H17NO3/c1-20-15-7-6-11(10-16(15)21-2)17(19)13-4-3-5-14-12(13)8-9-18-14/h3-10,17-19H,1-2H3. The zero-order valence-electron chi connectivity index (χ0n) is 12.0. The Morgan fingerprint density at radius 2 is 1.81 bits per heavy atom. The number of H-pyrrole nitrogens is 1. The summed E-state index contributed by atoms with van der Waals surface area (Å²) in [5, 5.41) is 11.7.